The van der Waals surface area contributed by atoms with Gasteiger partial charge in [0.2, 0.25) is 0 Å². The molecule has 1 saturated heterocycles. The van der Waals surface area contributed by atoms with E-state index in [4.69, 9.17) is 0 Å². The largest absolute Gasteiger partial charge is 0.369 e. The molecule has 1 N–H and O–H groups in total. The number of piperidine rings is 1. The first-order chi connectivity index (χ1) is 9.61. The number of anilines is 2. The minimum absolute atomic E-state index is 0.751. The van der Waals surface area contributed by atoms with Crippen LogP contribution in [0.15, 0.2) is 10.8 Å². The summed E-state index contributed by atoms with van der Waals surface area (Å²) >= 11 is 3.62. The van der Waals surface area contributed by atoms with Crippen LogP contribution in [-0.2, 0) is 0 Å². The Morgan fingerprint density at radius 1 is 1.40 bits per heavy atom. The lowest BCUT2D eigenvalue weighted by molar-refractivity contribution is 0.222. The van der Waals surface area contributed by atoms with Gasteiger partial charge in [0, 0.05) is 20.1 Å². The van der Waals surface area contributed by atoms with Crippen molar-refractivity contribution < 1.29 is 0 Å². The van der Waals surface area contributed by atoms with Gasteiger partial charge in [0.15, 0.2) is 0 Å². The highest BCUT2D eigenvalue weighted by molar-refractivity contribution is 9.10. The van der Waals surface area contributed by atoms with Crippen molar-refractivity contribution in [1.82, 2.24) is 14.9 Å². The lowest BCUT2D eigenvalue weighted by Gasteiger charge is -2.32. The zero-order valence-electron chi connectivity index (χ0n) is 12.6. The summed E-state index contributed by atoms with van der Waals surface area (Å²) in [4.78, 5) is 13.3. The lowest BCUT2D eigenvalue weighted by atomic mass is 9.97. The SMILES string of the molecule is CCNc1ncnc(N(C)CC2CCN(C)CC2)c1Br. The van der Waals surface area contributed by atoms with E-state index in [9.17, 15) is 0 Å². The average Bonchev–Trinajstić information content (AvgIpc) is 2.44. The first-order valence-corrected chi connectivity index (χ1v) is 8.05. The molecule has 0 aliphatic carbocycles. The molecule has 0 bridgehead atoms. The van der Waals surface area contributed by atoms with Gasteiger partial charge < -0.3 is 15.1 Å². The minimum Gasteiger partial charge on any atom is -0.369 e. The average molecular weight is 342 g/mol. The third-order valence-corrected chi connectivity index (χ3v) is 4.58. The Kier molecular flexibility index (Phi) is 5.60. The third kappa shape index (κ3) is 3.82. The summed E-state index contributed by atoms with van der Waals surface area (Å²) < 4.78 is 0.956. The molecule has 0 radical (unpaired) electrons. The molecule has 0 aromatic carbocycles. The van der Waals surface area contributed by atoms with E-state index in [1.165, 1.54) is 25.9 Å². The van der Waals surface area contributed by atoms with Gasteiger partial charge in [-0.1, -0.05) is 0 Å². The summed E-state index contributed by atoms with van der Waals surface area (Å²) in [7, 11) is 4.31. The van der Waals surface area contributed by atoms with Crippen molar-refractivity contribution in [3.05, 3.63) is 10.8 Å². The molecule has 0 spiro atoms. The van der Waals surface area contributed by atoms with Crippen LogP contribution in [0, 0.1) is 5.92 Å². The monoisotopic (exact) mass is 341 g/mol. The second-order valence-electron chi connectivity index (χ2n) is 5.52. The zero-order valence-corrected chi connectivity index (χ0v) is 14.2. The van der Waals surface area contributed by atoms with E-state index >= 15 is 0 Å². The smallest absolute Gasteiger partial charge is 0.148 e. The molecule has 112 valence electrons. The van der Waals surface area contributed by atoms with Crippen molar-refractivity contribution in [3.63, 3.8) is 0 Å². The second-order valence-corrected chi connectivity index (χ2v) is 6.31. The molecule has 0 amide bonds. The van der Waals surface area contributed by atoms with Crippen molar-refractivity contribution in [2.24, 2.45) is 5.92 Å². The Morgan fingerprint density at radius 3 is 2.75 bits per heavy atom. The predicted octanol–water partition coefficient (Wildman–Crippen LogP) is 2.45. The topological polar surface area (TPSA) is 44.3 Å². The molecule has 1 aromatic heterocycles. The van der Waals surface area contributed by atoms with Gasteiger partial charge in [-0.25, -0.2) is 9.97 Å². The Labute approximate surface area is 129 Å². The second kappa shape index (κ2) is 7.22. The maximum atomic E-state index is 4.42. The molecule has 1 fully saturated rings. The Morgan fingerprint density at radius 2 is 2.10 bits per heavy atom. The van der Waals surface area contributed by atoms with Crippen molar-refractivity contribution in [3.8, 4) is 0 Å². The van der Waals surface area contributed by atoms with E-state index < -0.39 is 0 Å². The van der Waals surface area contributed by atoms with Crippen molar-refractivity contribution in [1.29, 1.82) is 0 Å². The number of hydrogen-bond donors (Lipinski definition) is 1. The highest BCUT2D eigenvalue weighted by Gasteiger charge is 2.20. The fourth-order valence-electron chi connectivity index (χ4n) is 2.64. The number of hydrogen-bond acceptors (Lipinski definition) is 5. The maximum absolute atomic E-state index is 4.42. The van der Waals surface area contributed by atoms with Crippen LogP contribution < -0.4 is 10.2 Å². The number of nitrogens with one attached hydrogen (secondary N) is 1. The van der Waals surface area contributed by atoms with Gasteiger partial charge in [0.05, 0.1) is 0 Å². The summed E-state index contributed by atoms with van der Waals surface area (Å²) in [5, 5.41) is 3.25. The molecule has 5 nitrogen and oxygen atoms in total. The van der Waals surface area contributed by atoms with Gasteiger partial charge in [-0.15, -0.1) is 0 Å². The van der Waals surface area contributed by atoms with E-state index in [1.807, 2.05) is 0 Å². The zero-order chi connectivity index (χ0) is 14.5. The molecule has 0 unspecified atom stereocenters. The summed E-state index contributed by atoms with van der Waals surface area (Å²) in [6.07, 6.45) is 4.16. The van der Waals surface area contributed by atoms with Crippen molar-refractivity contribution in [2.75, 3.05) is 50.5 Å². The van der Waals surface area contributed by atoms with Crippen LogP contribution in [0.1, 0.15) is 19.8 Å². The predicted molar refractivity (Wildman–Crippen MR) is 87.4 cm³/mol. The fraction of sp³-hybridized carbons (Fsp3) is 0.714. The van der Waals surface area contributed by atoms with Gasteiger partial charge in [-0.3, -0.25) is 0 Å². The molecule has 0 saturated carbocycles. The molecular weight excluding hydrogens is 318 g/mol. The van der Waals surface area contributed by atoms with E-state index in [1.54, 1.807) is 6.33 Å². The molecule has 1 aliphatic rings. The highest BCUT2D eigenvalue weighted by atomic mass is 79.9. The van der Waals surface area contributed by atoms with Crippen molar-refractivity contribution in [2.45, 2.75) is 19.8 Å². The fourth-order valence-corrected chi connectivity index (χ4v) is 3.28. The number of aromatic nitrogens is 2. The van der Waals surface area contributed by atoms with Crippen LogP contribution in [0.2, 0.25) is 0 Å². The van der Waals surface area contributed by atoms with E-state index in [-0.39, 0.29) is 0 Å². The van der Waals surface area contributed by atoms with Gasteiger partial charge >= 0.3 is 0 Å². The first-order valence-electron chi connectivity index (χ1n) is 7.25. The van der Waals surface area contributed by atoms with Crippen LogP contribution in [0.25, 0.3) is 0 Å². The van der Waals surface area contributed by atoms with Crippen LogP contribution in [0.3, 0.4) is 0 Å². The van der Waals surface area contributed by atoms with E-state index in [2.05, 4.69) is 62.0 Å². The summed E-state index contributed by atoms with van der Waals surface area (Å²) in [5.74, 6) is 2.59. The van der Waals surface area contributed by atoms with Crippen LogP contribution in [-0.4, -0.2) is 55.1 Å². The quantitative estimate of drug-likeness (QED) is 0.891. The molecule has 1 aromatic rings. The van der Waals surface area contributed by atoms with E-state index in [0.717, 1.165) is 35.1 Å². The van der Waals surface area contributed by atoms with Gasteiger partial charge in [0.25, 0.3) is 0 Å². The van der Waals surface area contributed by atoms with Crippen molar-refractivity contribution >= 4 is 27.6 Å². The molecule has 6 heteroatoms. The number of halogens is 1. The third-order valence-electron chi connectivity index (χ3n) is 3.85. The van der Waals surface area contributed by atoms with Gasteiger partial charge in [-0.05, 0) is 61.8 Å². The van der Waals surface area contributed by atoms with Gasteiger partial charge in [0.1, 0.15) is 22.4 Å². The summed E-state index contributed by atoms with van der Waals surface area (Å²) in [6, 6.07) is 0. The summed E-state index contributed by atoms with van der Waals surface area (Å²) in [6.45, 7) is 6.37. The Balaban J connectivity index is 2.01. The summed E-state index contributed by atoms with van der Waals surface area (Å²) in [5.41, 5.74) is 0. The minimum atomic E-state index is 0.751. The molecule has 0 atom stereocenters. The molecular formula is C14H24BrN5. The normalized spacial score (nSPS) is 17.2. The number of likely N-dealkylation sites (tertiary alicyclic amines) is 1. The maximum Gasteiger partial charge on any atom is 0.148 e. The lowest BCUT2D eigenvalue weighted by Crippen LogP contribution is -2.36. The van der Waals surface area contributed by atoms with E-state index in [0.29, 0.717) is 0 Å². The molecule has 2 heterocycles. The molecule has 2 rings (SSSR count). The van der Waals surface area contributed by atoms with Gasteiger partial charge in [-0.2, -0.15) is 0 Å². The van der Waals surface area contributed by atoms with Crippen LogP contribution in [0.5, 0.6) is 0 Å². The number of rotatable bonds is 5. The Hall–Kier alpha value is -0.880. The van der Waals surface area contributed by atoms with Crippen LogP contribution in [0.4, 0.5) is 11.6 Å². The highest BCUT2D eigenvalue weighted by Crippen LogP contribution is 2.30. The standard InChI is InChI=1S/C14H24BrN5/c1-4-16-13-12(15)14(18-10-17-13)20(3)9-11-5-7-19(2)8-6-11/h10-11H,4-9H2,1-3H3,(H,16,17,18). The Bertz CT molecular complexity index is 432. The molecule has 20 heavy (non-hydrogen) atoms. The first kappa shape index (κ1) is 15.5. The number of nitrogens with zero attached hydrogens (tertiary/aromatic N) is 4. The molecule has 1 aliphatic heterocycles. The van der Waals surface area contributed by atoms with Crippen LogP contribution >= 0.6 is 15.9 Å².